The van der Waals surface area contributed by atoms with Gasteiger partial charge in [0.15, 0.2) is 6.10 Å². The zero-order valence-electron chi connectivity index (χ0n) is 16.7. The van der Waals surface area contributed by atoms with Crippen molar-refractivity contribution in [3.63, 3.8) is 0 Å². The van der Waals surface area contributed by atoms with Crippen LogP contribution in [-0.2, 0) is 14.3 Å². The van der Waals surface area contributed by atoms with Gasteiger partial charge in [-0.2, -0.15) is 0 Å². The van der Waals surface area contributed by atoms with Crippen molar-refractivity contribution in [2.24, 2.45) is 0 Å². The highest BCUT2D eigenvalue weighted by molar-refractivity contribution is 7.09. The lowest BCUT2D eigenvalue weighted by atomic mass is 10.2. The molecule has 1 amide bonds. The topological polar surface area (TPSA) is 86.8 Å². The Morgan fingerprint density at radius 3 is 2.39 bits per heavy atom. The lowest BCUT2D eigenvalue weighted by Gasteiger charge is -2.25. The predicted molar refractivity (Wildman–Crippen MR) is 106 cm³/mol. The molecule has 0 aliphatic carbocycles. The fourth-order valence-corrected chi connectivity index (χ4v) is 3.01. The van der Waals surface area contributed by atoms with Crippen molar-refractivity contribution in [1.29, 1.82) is 0 Å². The summed E-state index contributed by atoms with van der Waals surface area (Å²) in [5, 5.41) is 5.00. The molecular weight excluding hydrogens is 380 g/mol. The van der Waals surface area contributed by atoms with E-state index in [1.165, 1.54) is 18.3 Å². The number of para-hydroxylation sites is 1. The van der Waals surface area contributed by atoms with Gasteiger partial charge in [0, 0.05) is 11.6 Å². The van der Waals surface area contributed by atoms with E-state index in [4.69, 9.17) is 14.2 Å². The molecule has 0 spiro atoms. The van der Waals surface area contributed by atoms with Crippen LogP contribution >= 0.6 is 11.3 Å². The number of hydrogen-bond acceptors (Lipinski definition) is 7. The van der Waals surface area contributed by atoms with Crippen LogP contribution in [0.1, 0.15) is 45.7 Å². The molecule has 0 bridgehead atoms. The molecule has 0 fully saturated rings. The largest absolute Gasteiger partial charge is 0.479 e. The van der Waals surface area contributed by atoms with E-state index >= 15 is 0 Å². The Balaban J connectivity index is 2.01. The Kier molecular flexibility index (Phi) is 7.39. The normalized spacial score (nSPS) is 14.5. The maximum atomic E-state index is 12.4. The Hall–Kier alpha value is -2.61. The molecule has 152 valence electrons. The first-order valence-corrected chi connectivity index (χ1v) is 9.85. The summed E-state index contributed by atoms with van der Waals surface area (Å²) < 4.78 is 16.7. The minimum atomic E-state index is -0.869. The highest BCUT2D eigenvalue weighted by atomic mass is 32.1. The quantitative estimate of drug-likeness (QED) is 0.697. The number of carbonyl (C=O) groups excluding carboxylic acids is 2. The zero-order chi connectivity index (χ0) is 20.7. The number of ether oxygens (including phenoxy) is 3. The number of nitrogens with one attached hydrogen (secondary N) is 1. The second-order valence-electron chi connectivity index (χ2n) is 7.23. The van der Waals surface area contributed by atoms with E-state index < -0.39 is 35.9 Å². The average molecular weight is 407 g/mol. The van der Waals surface area contributed by atoms with Crippen molar-refractivity contribution in [2.75, 3.05) is 0 Å². The molecule has 8 heteroatoms. The Labute approximate surface area is 169 Å². The fourth-order valence-electron chi connectivity index (χ4n) is 2.26. The summed E-state index contributed by atoms with van der Waals surface area (Å²) in [6.07, 6.45) is -0.203. The van der Waals surface area contributed by atoms with Crippen LogP contribution in [0, 0.1) is 0 Å². The van der Waals surface area contributed by atoms with E-state index in [0.29, 0.717) is 10.8 Å². The lowest BCUT2D eigenvalue weighted by Crippen LogP contribution is -2.43. The Morgan fingerprint density at radius 1 is 1.14 bits per heavy atom. The summed E-state index contributed by atoms with van der Waals surface area (Å²) in [7, 11) is 0. The maximum absolute atomic E-state index is 12.4. The summed E-state index contributed by atoms with van der Waals surface area (Å²) in [4.78, 5) is 28.6. The van der Waals surface area contributed by atoms with Crippen molar-refractivity contribution >= 4 is 23.4 Å². The van der Waals surface area contributed by atoms with Gasteiger partial charge < -0.3 is 19.5 Å². The molecule has 0 aliphatic heterocycles. The van der Waals surface area contributed by atoms with Gasteiger partial charge in [0.05, 0.1) is 0 Å². The minimum Gasteiger partial charge on any atom is -0.479 e. The van der Waals surface area contributed by atoms with Crippen LogP contribution < -0.4 is 10.1 Å². The minimum absolute atomic E-state index is 0.569. The number of hydrogen-bond donors (Lipinski definition) is 1. The summed E-state index contributed by atoms with van der Waals surface area (Å²) in [5.74, 6) is 0.0575. The highest BCUT2D eigenvalue weighted by Crippen LogP contribution is 2.28. The average Bonchev–Trinajstić information content (AvgIpc) is 3.12. The van der Waals surface area contributed by atoms with Gasteiger partial charge in [0.2, 0.25) is 0 Å². The SMILES string of the molecule is C[C@H](NC(=O)OC(C)(C)C)C(=O)O[C@@H](C)C(Oc1ccccc1)c1nccs1. The van der Waals surface area contributed by atoms with Gasteiger partial charge in [-0.25, -0.2) is 14.6 Å². The molecule has 0 saturated heterocycles. The molecule has 2 rings (SSSR count). The predicted octanol–water partition coefficient (Wildman–Crippen LogP) is 4.11. The number of alkyl carbamates (subject to hydrolysis) is 1. The second-order valence-corrected chi connectivity index (χ2v) is 8.16. The van der Waals surface area contributed by atoms with Crippen LogP contribution in [0.5, 0.6) is 5.75 Å². The first-order valence-electron chi connectivity index (χ1n) is 8.97. The molecular formula is C20H26N2O5S. The van der Waals surface area contributed by atoms with E-state index in [9.17, 15) is 9.59 Å². The third kappa shape index (κ3) is 6.84. The molecule has 2 aromatic rings. The molecule has 1 heterocycles. The lowest BCUT2D eigenvalue weighted by molar-refractivity contribution is -0.155. The third-order valence-electron chi connectivity index (χ3n) is 3.52. The molecule has 7 nitrogen and oxygen atoms in total. The monoisotopic (exact) mass is 406 g/mol. The number of rotatable bonds is 7. The van der Waals surface area contributed by atoms with E-state index in [1.807, 2.05) is 35.7 Å². The number of amides is 1. The number of nitrogens with zero attached hydrogens (tertiary/aromatic N) is 1. The number of thiazole rings is 1. The van der Waals surface area contributed by atoms with Crippen LogP contribution in [0.3, 0.4) is 0 Å². The number of esters is 1. The molecule has 1 aromatic carbocycles. The number of aromatic nitrogens is 1. The van der Waals surface area contributed by atoms with E-state index in [-0.39, 0.29) is 0 Å². The van der Waals surface area contributed by atoms with E-state index in [0.717, 1.165) is 0 Å². The zero-order valence-corrected chi connectivity index (χ0v) is 17.5. The second kappa shape index (κ2) is 9.54. The van der Waals surface area contributed by atoms with Gasteiger partial charge in [-0.15, -0.1) is 11.3 Å². The van der Waals surface area contributed by atoms with Crippen LogP contribution in [0.15, 0.2) is 41.9 Å². The molecule has 1 aromatic heterocycles. The highest BCUT2D eigenvalue weighted by Gasteiger charge is 2.30. The first kappa shape index (κ1) is 21.7. The molecule has 28 heavy (non-hydrogen) atoms. The van der Waals surface area contributed by atoms with Gasteiger partial charge in [0.1, 0.15) is 28.5 Å². The first-order chi connectivity index (χ1) is 13.2. The van der Waals surface area contributed by atoms with Gasteiger partial charge >= 0.3 is 12.1 Å². The van der Waals surface area contributed by atoms with Crippen LogP contribution in [0.25, 0.3) is 0 Å². The number of carbonyl (C=O) groups is 2. The molecule has 1 unspecified atom stereocenters. The van der Waals surface area contributed by atoms with E-state index in [1.54, 1.807) is 33.9 Å². The standard InChI is InChI=1S/C20H26N2O5S/c1-13(22-19(24)27-20(3,4)5)18(23)25-14(2)16(17-21-11-12-28-17)26-15-9-7-6-8-10-15/h6-14,16H,1-5H3,(H,22,24)/t13-,14-,16?/m0/s1. The number of benzene rings is 1. The van der Waals surface area contributed by atoms with Crippen molar-refractivity contribution in [1.82, 2.24) is 10.3 Å². The van der Waals surface area contributed by atoms with Crippen molar-refractivity contribution in [3.05, 3.63) is 46.9 Å². The molecule has 0 saturated carbocycles. The summed E-state index contributed by atoms with van der Waals surface area (Å²) in [6, 6.07) is 8.38. The van der Waals surface area contributed by atoms with Crippen LogP contribution in [0.2, 0.25) is 0 Å². The van der Waals surface area contributed by atoms with Crippen molar-refractivity contribution in [3.8, 4) is 5.75 Å². The summed E-state index contributed by atoms with van der Waals surface area (Å²) >= 11 is 1.41. The third-order valence-corrected chi connectivity index (χ3v) is 4.35. The van der Waals surface area contributed by atoms with Crippen LogP contribution in [-0.4, -0.2) is 34.8 Å². The fraction of sp³-hybridized carbons (Fsp3) is 0.450. The van der Waals surface area contributed by atoms with Gasteiger partial charge in [-0.05, 0) is 46.8 Å². The maximum Gasteiger partial charge on any atom is 0.408 e. The summed E-state index contributed by atoms with van der Waals surface area (Å²) in [5.41, 5.74) is -0.652. The van der Waals surface area contributed by atoms with Crippen molar-refractivity contribution < 1.29 is 23.8 Å². The van der Waals surface area contributed by atoms with Gasteiger partial charge in [0.25, 0.3) is 0 Å². The molecule has 0 radical (unpaired) electrons. The molecule has 3 atom stereocenters. The molecule has 0 aliphatic rings. The Bertz CT molecular complexity index is 759. The summed E-state index contributed by atoms with van der Waals surface area (Å²) in [6.45, 7) is 8.51. The smallest absolute Gasteiger partial charge is 0.408 e. The van der Waals surface area contributed by atoms with Gasteiger partial charge in [-0.1, -0.05) is 18.2 Å². The van der Waals surface area contributed by atoms with Crippen molar-refractivity contribution in [2.45, 2.75) is 58.5 Å². The van der Waals surface area contributed by atoms with E-state index in [2.05, 4.69) is 10.3 Å². The Morgan fingerprint density at radius 2 is 1.82 bits per heavy atom. The van der Waals surface area contributed by atoms with Crippen LogP contribution in [0.4, 0.5) is 4.79 Å². The van der Waals surface area contributed by atoms with Gasteiger partial charge in [-0.3, -0.25) is 0 Å². The molecule has 1 N–H and O–H groups in total.